The molecule has 0 atom stereocenters. The lowest BCUT2D eigenvalue weighted by Crippen LogP contribution is -1.97. The van der Waals surface area contributed by atoms with Gasteiger partial charge in [-0.1, -0.05) is 0 Å². The Labute approximate surface area is 116 Å². The van der Waals surface area contributed by atoms with Crippen molar-refractivity contribution >= 4 is 17.6 Å². The summed E-state index contributed by atoms with van der Waals surface area (Å²) in [6, 6.07) is 5.62. The third-order valence-corrected chi connectivity index (χ3v) is 3.23. The van der Waals surface area contributed by atoms with Gasteiger partial charge in [0, 0.05) is 10.9 Å². The highest BCUT2D eigenvalue weighted by Crippen LogP contribution is 2.34. The molecular formula is C14H15NO3S. The van der Waals surface area contributed by atoms with Crippen LogP contribution >= 0.6 is 11.3 Å². The van der Waals surface area contributed by atoms with Crippen LogP contribution in [0.4, 0.5) is 0 Å². The van der Waals surface area contributed by atoms with Crippen LogP contribution in [0.2, 0.25) is 0 Å². The Morgan fingerprint density at radius 1 is 1.26 bits per heavy atom. The predicted octanol–water partition coefficient (Wildman–Crippen LogP) is 3.42. The lowest BCUT2D eigenvalue weighted by atomic mass is 10.1. The third-order valence-electron chi connectivity index (χ3n) is 2.46. The number of hydrogen-bond acceptors (Lipinski definition) is 5. The smallest absolute Gasteiger partial charge is 0.178 e. The summed E-state index contributed by atoms with van der Waals surface area (Å²) in [4.78, 5) is 15.0. The molecule has 1 aromatic carbocycles. The minimum absolute atomic E-state index is 0.458. The van der Waals surface area contributed by atoms with Crippen LogP contribution in [0.25, 0.3) is 11.3 Å². The van der Waals surface area contributed by atoms with E-state index in [1.54, 1.807) is 0 Å². The minimum atomic E-state index is 0.458. The number of aldehydes is 1. The Balaban J connectivity index is 2.43. The molecule has 0 radical (unpaired) electrons. The first-order valence-corrected chi connectivity index (χ1v) is 6.97. The molecule has 2 aromatic rings. The number of rotatable bonds is 6. The summed E-state index contributed by atoms with van der Waals surface area (Å²) in [5.74, 6) is 1.51. The maximum atomic E-state index is 10.7. The molecule has 0 spiro atoms. The van der Waals surface area contributed by atoms with E-state index in [1.807, 2.05) is 37.4 Å². The van der Waals surface area contributed by atoms with E-state index in [1.165, 1.54) is 11.3 Å². The molecule has 4 nitrogen and oxygen atoms in total. The van der Waals surface area contributed by atoms with Crippen LogP contribution in [0.3, 0.4) is 0 Å². The van der Waals surface area contributed by atoms with Crippen LogP contribution in [0.5, 0.6) is 11.5 Å². The van der Waals surface area contributed by atoms with Crippen molar-refractivity contribution in [2.24, 2.45) is 0 Å². The lowest BCUT2D eigenvalue weighted by molar-refractivity contribution is 0.112. The molecule has 1 aromatic heterocycles. The molecule has 0 aliphatic carbocycles. The Morgan fingerprint density at radius 2 is 2.05 bits per heavy atom. The minimum Gasteiger partial charge on any atom is -0.494 e. The van der Waals surface area contributed by atoms with Crippen molar-refractivity contribution in [2.45, 2.75) is 13.8 Å². The van der Waals surface area contributed by atoms with Gasteiger partial charge in [-0.2, -0.15) is 0 Å². The van der Waals surface area contributed by atoms with Gasteiger partial charge in [0.25, 0.3) is 0 Å². The molecule has 0 saturated heterocycles. The van der Waals surface area contributed by atoms with E-state index in [9.17, 15) is 4.79 Å². The van der Waals surface area contributed by atoms with E-state index in [2.05, 4.69) is 4.98 Å². The van der Waals surface area contributed by atoms with Crippen LogP contribution in [-0.2, 0) is 0 Å². The molecule has 0 unspecified atom stereocenters. The average molecular weight is 277 g/mol. The van der Waals surface area contributed by atoms with Crippen LogP contribution < -0.4 is 9.47 Å². The van der Waals surface area contributed by atoms with Gasteiger partial charge in [-0.15, -0.1) is 11.3 Å². The summed E-state index contributed by atoms with van der Waals surface area (Å²) in [6.07, 6.45) is 0.751. The first-order valence-electron chi connectivity index (χ1n) is 6.09. The zero-order valence-electron chi connectivity index (χ0n) is 10.9. The Kier molecular flexibility index (Phi) is 4.52. The molecule has 0 aliphatic rings. The third kappa shape index (κ3) is 3.12. The summed E-state index contributed by atoms with van der Waals surface area (Å²) in [6.45, 7) is 5.04. The highest BCUT2D eigenvalue weighted by atomic mass is 32.1. The Bertz CT molecular complexity index is 566. The second-order valence-corrected chi connectivity index (χ2v) is 4.60. The molecule has 100 valence electrons. The molecule has 5 heteroatoms. The maximum Gasteiger partial charge on any atom is 0.178 e. The Hall–Kier alpha value is -1.88. The zero-order chi connectivity index (χ0) is 13.7. The van der Waals surface area contributed by atoms with Crippen molar-refractivity contribution in [3.8, 4) is 22.8 Å². The number of carbonyl (C=O) groups is 1. The van der Waals surface area contributed by atoms with Gasteiger partial charge in [0.2, 0.25) is 0 Å². The van der Waals surface area contributed by atoms with E-state index in [-0.39, 0.29) is 0 Å². The Morgan fingerprint density at radius 3 is 2.68 bits per heavy atom. The van der Waals surface area contributed by atoms with E-state index in [0.29, 0.717) is 18.2 Å². The summed E-state index contributed by atoms with van der Waals surface area (Å²) < 4.78 is 11.1. The largest absolute Gasteiger partial charge is 0.494 e. The topological polar surface area (TPSA) is 48.4 Å². The van der Waals surface area contributed by atoms with Crippen molar-refractivity contribution in [1.29, 1.82) is 0 Å². The fourth-order valence-electron chi connectivity index (χ4n) is 1.71. The van der Waals surface area contributed by atoms with Gasteiger partial charge in [-0.25, -0.2) is 4.98 Å². The van der Waals surface area contributed by atoms with Crippen molar-refractivity contribution in [2.75, 3.05) is 13.2 Å². The monoisotopic (exact) mass is 277 g/mol. The molecule has 0 N–H and O–H groups in total. The fourth-order valence-corrected chi connectivity index (χ4v) is 2.33. The fraction of sp³-hybridized carbons (Fsp3) is 0.286. The molecule has 0 amide bonds. The summed E-state index contributed by atoms with van der Waals surface area (Å²) in [5.41, 5.74) is 1.58. The second-order valence-electron chi connectivity index (χ2n) is 3.71. The first kappa shape index (κ1) is 13.5. The average Bonchev–Trinajstić information content (AvgIpc) is 2.90. The molecular weight excluding hydrogens is 262 g/mol. The number of benzene rings is 1. The van der Waals surface area contributed by atoms with E-state index < -0.39 is 0 Å². The number of carbonyl (C=O) groups excluding carboxylic acids is 1. The molecule has 1 heterocycles. The molecule has 2 rings (SSSR count). The van der Waals surface area contributed by atoms with Crippen molar-refractivity contribution < 1.29 is 14.3 Å². The van der Waals surface area contributed by atoms with Crippen LogP contribution in [0.15, 0.2) is 23.6 Å². The highest BCUT2D eigenvalue weighted by Gasteiger charge is 2.11. The standard InChI is InChI=1S/C14H15NO3S/c1-3-17-10-5-6-13(18-4-2)11(7-10)12-9-19-14(8-16)15-12/h5-9H,3-4H2,1-2H3. The SMILES string of the molecule is CCOc1ccc(OCC)c(-c2csc(C=O)n2)c1. The molecule has 0 bridgehead atoms. The summed E-state index contributed by atoms with van der Waals surface area (Å²) >= 11 is 1.31. The van der Waals surface area contributed by atoms with Crippen molar-refractivity contribution in [3.05, 3.63) is 28.6 Å². The van der Waals surface area contributed by atoms with E-state index >= 15 is 0 Å². The maximum absolute atomic E-state index is 10.7. The number of nitrogens with zero attached hydrogens (tertiary/aromatic N) is 1. The van der Waals surface area contributed by atoms with Crippen LogP contribution in [0, 0.1) is 0 Å². The van der Waals surface area contributed by atoms with Crippen LogP contribution in [-0.4, -0.2) is 24.5 Å². The van der Waals surface area contributed by atoms with Gasteiger partial charge in [-0.05, 0) is 32.0 Å². The van der Waals surface area contributed by atoms with Gasteiger partial charge in [0.1, 0.15) is 11.5 Å². The molecule has 0 aliphatic heterocycles. The predicted molar refractivity (Wildman–Crippen MR) is 75.3 cm³/mol. The zero-order valence-corrected chi connectivity index (χ0v) is 11.7. The number of ether oxygens (including phenoxy) is 2. The lowest BCUT2D eigenvalue weighted by Gasteiger charge is -2.11. The van der Waals surface area contributed by atoms with E-state index in [0.717, 1.165) is 29.0 Å². The first-order chi connectivity index (χ1) is 9.28. The van der Waals surface area contributed by atoms with Crippen molar-refractivity contribution in [3.63, 3.8) is 0 Å². The number of aromatic nitrogens is 1. The molecule has 19 heavy (non-hydrogen) atoms. The quantitative estimate of drug-likeness (QED) is 0.759. The van der Waals surface area contributed by atoms with Crippen LogP contribution in [0.1, 0.15) is 23.6 Å². The van der Waals surface area contributed by atoms with E-state index in [4.69, 9.17) is 9.47 Å². The van der Waals surface area contributed by atoms with Gasteiger partial charge in [0.15, 0.2) is 11.3 Å². The number of thiazole rings is 1. The number of hydrogen-bond donors (Lipinski definition) is 0. The van der Waals surface area contributed by atoms with Crippen molar-refractivity contribution in [1.82, 2.24) is 4.98 Å². The second kappa shape index (κ2) is 6.33. The summed E-state index contributed by atoms with van der Waals surface area (Å²) in [7, 11) is 0. The van der Waals surface area contributed by atoms with Gasteiger partial charge in [0.05, 0.1) is 18.9 Å². The molecule has 0 fully saturated rings. The molecule has 0 saturated carbocycles. The highest BCUT2D eigenvalue weighted by molar-refractivity contribution is 7.11. The van der Waals surface area contributed by atoms with Gasteiger partial charge in [-0.3, -0.25) is 4.79 Å². The normalized spacial score (nSPS) is 10.2. The summed E-state index contributed by atoms with van der Waals surface area (Å²) in [5, 5.41) is 2.30. The van der Waals surface area contributed by atoms with Gasteiger partial charge < -0.3 is 9.47 Å². The van der Waals surface area contributed by atoms with Gasteiger partial charge >= 0.3 is 0 Å².